The van der Waals surface area contributed by atoms with Crippen molar-refractivity contribution in [3.63, 3.8) is 0 Å². The molecule has 29 heavy (non-hydrogen) atoms. The van der Waals surface area contributed by atoms with Crippen molar-refractivity contribution in [1.29, 1.82) is 0 Å². The second-order valence-corrected chi connectivity index (χ2v) is 7.68. The zero-order valence-electron chi connectivity index (χ0n) is 15.8. The number of rotatable bonds is 3. The molecule has 2 heterocycles. The van der Waals surface area contributed by atoms with E-state index in [2.05, 4.69) is 5.10 Å². The topological polar surface area (TPSA) is 56.5 Å². The zero-order valence-corrected chi connectivity index (χ0v) is 16.6. The van der Waals surface area contributed by atoms with Gasteiger partial charge in [-0.15, -0.1) is 0 Å². The number of hydrogen-bond donors (Lipinski definition) is 0. The van der Waals surface area contributed by atoms with Gasteiger partial charge in [0.05, 0.1) is 24.6 Å². The molecule has 1 unspecified atom stereocenters. The molecule has 1 aliphatic rings. The van der Waals surface area contributed by atoms with E-state index >= 15 is 0 Å². The quantitative estimate of drug-likeness (QED) is 0.484. The first kappa shape index (κ1) is 17.9. The standard InChI is InChI=1S/C23H18ClN3O2/c1-29-18-7-5-14(6-8-18)19-12-25-27-13-20-21(26-23(19)27)10-16(11-22(20)28)15-3-2-4-17(24)9-15/h2-9,12-13,16H,10-11H2,1H3. The Bertz CT molecular complexity index is 1230. The van der Waals surface area contributed by atoms with Gasteiger partial charge in [0.25, 0.3) is 0 Å². The molecule has 4 aromatic rings. The molecule has 0 bridgehead atoms. The summed E-state index contributed by atoms with van der Waals surface area (Å²) < 4.78 is 6.93. The van der Waals surface area contributed by atoms with E-state index in [1.165, 1.54) is 0 Å². The number of hydrogen-bond acceptors (Lipinski definition) is 4. The van der Waals surface area contributed by atoms with Crippen molar-refractivity contribution in [2.45, 2.75) is 18.8 Å². The summed E-state index contributed by atoms with van der Waals surface area (Å²) in [7, 11) is 1.64. The van der Waals surface area contributed by atoms with Gasteiger partial charge in [-0.25, -0.2) is 9.50 Å². The van der Waals surface area contributed by atoms with Gasteiger partial charge in [-0.05, 0) is 47.7 Å². The zero-order chi connectivity index (χ0) is 20.0. The van der Waals surface area contributed by atoms with Gasteiger partial charge in [0.1, 0.15) is 5.75 Å². The summed E-state index contributed by atoms with van der Waals surface area (Å²) in [6, 6.07) is 15.5. The molecule has 0 saturated carbocycles. The first-order valence-corrected chi connectivity index (χ1v) is 9.80. The maximum atomic E-state index is 12.8. The molecule has 2 aromatic heterocycles. The molecule has 2 aromatic carbocycles. The van der Waals surface area contributed by atoms with Crippen molar-refractivity contribution in [2.75, 3.05) is 7.11 Å². The number of Topliss-reactive ketones (excluding diaryl/α,β-unsaturated/α-hetero) is 1. The van der Waals surface area contributed by atoms with Crippen LogP contribution in [0.1, 0.15) is 34.0 Å². The molecule has 144 valence electrons. The monoisotopic (exact) mass is 403 g/mol. The third-order valence-corrected chi connectivity index (χ3v) is 5.70. The molecular formula is C23H18ClN3O2. The van der Waals surface area contributed by atoms with E-state index in [9.17, 15) is 4.79 Å². The molecule has 1 atom stereocenters. The van der Waals surface area contributed by atoms with Crippen LogP contribution in [0, 0.1) is 0 Å². The Morgan fingerprint density at radius 3 is 2.69 bits per heavy atom. The lowest BCUT2D eigenvalue weighted by molar-refractivity contribution is 0.0962. The number of benzene rings is 2. The van der Waals surface area contributed by atoms with Gasteiger partial charge in [0.2, 0.25) is 0 Å². The Kier molecular flexibility index (Phi) is 4.32. The van der Waals surface area contributed by atoms with Crippen LogP contribution in [0.3, 0.4) is 0 Å². The van der Waals surface area contributed by atoms with Crippen molar-refractivity contribution in [2.24, 2.45) is 0 Å². The summed E-state index contributed by atoms with van der Waals surface area (Å²) in [5.41, 5.74) is 5.21. The van der Waals surface area contributed by atoms with Crippen LogP contribution in [-0.2, 0) is 6.42 Å². The lowest BCUT2D eigenvalue weighted by Gasteiger charge is -2.23. The number of halogens is 1. The Morgan fingerprint density at radius 2 is 1.93 bits per heavy atom. The molecule has 5 rings (SSSR count). The summed E-state index contributed by atoms with van der Waals surface area (Å²) in [5, 5.41) is 5.10. The number of fused-ring (bicyclic) bond motifs is 2. The van der Waals surface area contributed by atoms with Crippen LogP contribution in [-0.4, -0.2) is 27.5 Å². The van der Waals surface area contributed by atoms with Crippen molar-refractivity contribution >= 4 is 23.0 Å². The van der Waals surface area contributed by atoms with Crippen LogP contribution in [0.5, 0.6) is 5.75 Å². The largest absolute Gasteiger partial charge is 0.497 e. The van der Waals surface area contributed by atoms with Crippen LogP contribution in [0.4, 0.5) is 0 Å². The second kappa shape index (κ2) is 7.01. The maximum absolute atomic E-state index is 12.8. The summed E-state index contributed by atoms with van der Waals surface area (Å²) in [4.78, 5) is 17.7. The fourth-order valence-electron chi connectivity index (χ4n) is 3.94. The molecule has 5 nitrogen and oxygen atoms in total. The highest BCUT2D eigenvalue weighted by atomic mass is 35.5. The molecule has 0 spiro atoms. The molecule has 0 amide bonds. The van der Waals surface area contributed by atoms with Gasteiger partial charge < -0.3 is 4.74 Å². The predicted molar refractivity (Wildman–Crippen MR) is 112 cm³/mol. The summed E-state index contributed by atoms with van der Waals surface area (Å²) in [5.74, 6) is 0.966. The fourth-order valence-corrected chi connectivity index (χ4v) is 4.14. The molecule has 0 N–H and O–H groups in total. The highest BCUT2D eigenvalue weighted by Crippen LogP contribution is 2.34. The number of aromatic nitrogens is 3. The Hall–Kier alpha value is -3.18. The number of methoxy groups -OCH3 is 1. The molecular weight excluding hydrogens is 386 g/mol. The molecule has 0 aliphatic heterocycles. The smallest absolute Gasteiger partial charge is 0.166 e. The summed E-state index contributed by atoms with van der Waals surface area (Å²) in [6.07, 6.45) is 4.74. The van der Waals surface area contributed by atoms with Gasteiger partial charge >= 0.3 is 0 Å². The Balaban J connectivity index is 1.57. The van der Waals surface area contributed by atoms with Gasteiger partial charge in [0.15, 0.2) is 11.4 Å². The molecule has 0 saturated heterocycles. The minimum absolute atomic E-state index is 0.0796. The summed E-state index contributed by atoms with van der Waals surface area (Å²) >= 11 is 6.15. The average Bonchev–Trinajstić information content (AvgIpc) is 3.15. The van der Waals surface area contributed by atoms with Crippen LogP contribution >= 0.6 is 11.6 Å². The second-order valence-electron chi connectivity index (χ2n) is 7.24. The van der Waals surface area contributed by atoms with Crippen LogP contribution in [0.2, 0.25) is 5.02 Å². The van der Waals surface area contributed by atoms with Gasteiger partial charge in [-0.3, -0.25) is 4.79 Å². The number of carbonyl (C=O) groups excluding carboxylic acids is 1. The van der Waals surface area contributed by atoms with Gasteiger partial charge in [0, 0.05) is 23.2 Å². The highest BCUT2D eigenvalue weighted by molar-refractivity contribution is 6.30. The molecule has 1 aliphatic carbocycles. The number of nitrogens with zero attached hydrogens (tertiary/aromatic N) is 3. The maximum Gasteiger partial charge on any atom is 0.166 e. The Morgan fingerprint density at radius 1 is 1.10 bits per heavy atom. The van der Waals surface area contributed by atoms with Crippen LogP contribution in [0.15, 0.2) is 60.9 Å². The van der Waals surface area contributed by atoms with Crippen molar-refractivity contribution in [1.82, 2.24) is 14.6 Å². The minimum atomic E-state index is 0.0796. The lowest BCUT2D eigenvalue weighted by atomic mass is 9.82. The van der Waals surface area contributed by atoms with E-state index in [1.54, 1.807) is 24.0 Å². The van der Waals surface area contributed by atoms with Crippen LogP contribution < -0.4 is 4.74 Å². The SMILES string of the molecule is COc1ccc(-c2cnn3cc4c(nc23)CC(c2cccc(Cl)c2)CC4=O)cc1. The van der Waals surface area contributed by atoms with Gasteiger partial charge in [-0.1, -0.05) is 35.9 Å². The molecule has 0 radical (unpaired) electrons. The third-order valence-electron chi connectivity index (χ3n) is 5.47. The number of ketones is 1. The van der Waals surface area contributed by atoms with Crippen molar-refractivity contribution in [3.05, 3.63) is 82.8 Å². The van der Waals surface area contributed by atoms with Crippen molar-refractivity contribution in [3.8, 4) is 16.9 Å². The molecule has 0 fully saturated rings. The van der Waals surface area contributed by atoms with Crippen molar-refractivity contribution < 1.29 is 9.53 Å². The third kappa shape index (κ3) is 3.17. The van der Waals surface area contributed by atoms with Gasteiger partial charge in [-0.2, -0.15) is 5.10 Å². The predicted octanol–water partition coefficient (Wildman–Crippen LogP) is 4.97. The number of carbonyl (C=O) groups is 1. The normalized spacial score (nSPS) is 16.1. The first-order chi connectivity index (χ1) is 14.1. The van der Waals surface area contributed by atoms with E-state index in [1.807, 2.05) is 48.5 Å². The highest BCUT2D eigenvalue weighted by Gasteiger charge is 2.28. The summed E-state index contributed by atoms with van der Waals surface area (Å²) in [6.45, 7) is 0. The van der Waals surface area contributed by atoms with E-state index in [4.69, 9.17) is 21.3 Å². The number of ether oxygens (including phenoxy) is 1. The minimum Gasteiger partial charge on any atom is -0.497 e. The Labute approximate surface area is 172 Å². The average molecular weight is 404 g/mol. The lowest BCUT2D eigenvalue weighted by Crippen LogP contribution is -2.21. The van der Waals surface area contributed by atoms with E-state index in [0.717, 1.165) is 33.8 Å². The van der Waals surface area contributed by atoms with E-state index in [-0.39, 0.29) is 11.7 Å². The van der Waals surface area contributed by atoms with Crippen LogP contribution in [0.25, 0.3) is 16.8 Å². The molecule has 6 heteroatoms. The first-order valence-electron chi connectivity index (χ1n) is 9.43. The van der Waals surface area contributed by atoms with E-state index in [0.29, 0.717) is 23.4 Å². The fraction of sp³-hybridized carbons (Fsp3) is 0.174. The van der Waals surface area contributed by atoms with E-state index < -0.39 is 0 Å².